The Morgan fingerprint density at radius 3 is 2.82 bits per heavy atom. The van der Waals surface area contributed by atoms with Crippen LogP contribution in [-0.4, -0.2) is 33.7 Å². The molecular weight excluding hydrogens is 356 g/mol. The van der Waals surface area contributed by atoms with Crippen LogP contribution in [0.5, 0.6) is 11.5 Å². The van der Waals surface area contributed by atoms with Gasteiger partial charge in [0.05, 0.1) is 30.8 Å². The maximum Gasteiger partial charge on any atom is 0.226 e. The van der Waals surface area contributed by atoms with E-state index in [0.717, 1.165) is 16.9 Å². The Morgan fingerprint density at radius 2 is 2.11 bits per heavy atom. The Bertz CT molecular complexity index is 998. The first-order chi connectivity index (χ1) is 13.6. The highest BCUT2D eigenvalue weighted by Crippen LogP contribution is 2.44. The van der Waals surface area contributed by atoms with E-state index in [2.05, 4.69) is 15.3 Å². The Kier molecular flexibility index (Phi) is 4.73. The molecule has 1 aliphatic heterocycles. The van der Waals surface area contributed by atoms with Crippen LogP contribution in [0, 0.1) is 0 Å². The lowest BCUT2D eigenvalue weighted by molar-refractivity contribution is -0.116. The molecule has 0 saturated heterocycles. The minimum Gasteiger partial charge on any atom is -0.493 e. The number of carbonyl (C=O) groups is 1. The fraction of sp³-hybridized carbons (Fsp3) is 0.286. The highest BCUT2D eigenvalue weighted by atomic mass is 16.5. The maximum atomic E-state index is 12.5. The summed E-state index contributed by atoms with van der Waals surface area (Å²) in [7, 11) is 1.61. The van der Waals surface area contributed by atoms with Gasteiger partial charge in [0.15, 0.2) is 11.5 Å². The van der Waals surface area contributed by atoms with Gasteiger partial charge in [-0.15, -0.1) is 0 Å². The van der Waals surface area contributed by atoms with Crippen molar-refractivity contribution in [1.82, 2.24) is 14.5 Å². The standard InChI is InChI=1S/C21H22N4O3/c1-13(2)28-20-15(7-4-8-17(20)27-3)16-10-18(26)24-21-19(16)23-12-25(21)14-6-5-9-22-11-14/h4-9,11-13,16H,10H2,1-3H3,(H,24,26)/t16-/m1/s1. The van der Waals surface area contributed by atoms with Crippen LogP contribution in [0.15, 0.2) is 49.1 Å². The fourth-order valence-corrected chi connectivity index (χ4v) is 3.49. The number of fused-ring (bicyclic) bond motifs is 1. The van der Waals surface area contributed by atoms with Crippen molar-refractivity contribution in [2.45, 2.75) is 32.3 Å². The van der Waals surface area contributed by atoms with Crippen molar-refractivity contribution in [2.75, 3.05) is 12.4 Å². The van der Waals surface area contributed by atoms with Crippen LogP contribution >= 0.6 is 0 Å². The first-order valence-corrected chi connectivity index (χ1v) is 9.19. The first kappa shape index (κ1) is 18.0. The molecule has 0 unspecified atom stereocenters. The zero-order valence-electron chi connectivity index (χ0n) is 16.0. The summed E-state index contributed by atoms with van der Waals surface area (Å²) < 4.78 is 13.4. The van der Waals surface area contributed by atoms with Gasteiger partial charge in [0.2, 0.25) is 5.91 Å². The van der Waals surface area contributed by atoms with Crippen molar-refractivity contribution >= 4 is 11.7 Å². The lowest BCUT2D eigenvalue weighted by Gasteiger charge is -2.26. The monoisotopic (exact) mass is 378 g/mol. The van der Waals surface area contributed by atoms with Crippen molar-refractivity contribution in [1.29, 1.82) is 0 Å². The highest BCUT2D eigenvalue weighted by Gasteiger charge is 2.33. The van der Waals surface area contributed by atoms with Gasteiger partial charge in [0, 0.05) is 24.1 Å². The molecule has 7 heteroatoms. The van der Waals surface area contributed by atoms with Gasteiger partial charge in [-0.1, -0.05) is 12.1 Å². The Balaban J connectivity index is 1.84. The topological polar surface area (TPSA) is 78.3 Å². The number of nitrogens with zero attached hydrogens (tertiary/aromatic N) is 3. The summed E-state index contributed by atoms with van der Waals surface area (Å²) >= 11 is 0. The molecule has 28 heavy (non-hydrogen) atoms. The predicted molar refractivity (Wildman–Crippen MR) is 105 cm³/mol. The minimum atomic E-state index is -0.231. The second-order valence-electron chi connectivity index (χ2n) is 6.91. The number of imidazole rings is 1. The van der Waals surface area contributed by atoms with E-state index < -0.39 is 0 Å². The van der Waals surface area contributed by atoms with E-state index in [1.54, 1.807) is 25.8 Å². The second kappa shape index (κ2) is 7.34. The van der Waals surface area contributed by atoms with E-state index in [1.165, 1.54) is 0 Å². The van der Waals surface area contributed by atoms with E-state index in [9.17, 15) is 4.79 Å². The third-order valence-electron chi connectivity index (χ3n) is 4.66. The van der Waals surface area contributed by atoms with E-state index >= 15 is 0 Å². The minimum absolute atomic E-state index is 0.0279. The molecule has 0 spiro atoms. The van der Waals surface area contributed by atoms with E-state index in [1.807, 2.05) is 48.7 Å². The van der Waals surface area contributed by atoms with Gasteiger partial charge in [-0.05, 0) is 32.0 Å². The largest absolute Gasteiger partial charge is 0.493 e. The number of pyridine rings is 1. The molecule has 3 aromatic rings. The van der Waals surface area contributed by atoms with Crippen molar-refractivity contribution in [3.8, 4) is 17.2 Å². The van der Waals surface area contributed by atoms with E-state index in [-0.39, 0.29) is 17.9 Å². The number of hydrogen-bond donors (Lipinski definition) is 1. The molecular formula is C21H22N4O3. The molecule has 1 aromatic carbocycles. The third kappa shape index (κ3) is 3.19. The summed E-state index contributed by atoms with van der Waals surface area (Å²) in [4.78, 5) is 21.3. The normalized spacial score (nSPS) is 15.9. The molecule has 0 fully saturated rings. The van der Waals surface area contributed by atoms with Gasteiger partial charge in [0.1, 0.15) is 12.1 Å². The lowest BCUT2D eigenvalue weighted by Crippen LogP contribution is -2.25. The molecule has 4 rings (SSSR count). The number of carbonyl (C=O) groups excluding carboxylic acids is 1. The number of ether oxygens (including phenoxy) is 2. The third-order valence-corrected chi connectivity index (χ3v) is 4.66. The number of amides is 1. The van der Waals surface area contributed by atoms with Crippen molar-refractivity contribution in [2.24, 2.45) is 0 Å². The average molecular weight is 378 g/mol. The molecule has 144 valence electrons. The summed E-state index contributed by atoms with van der Waals surface area (Å²) in [6.45, 7) is 3.93. The van der Waals surface area contributed by atoms with Gasteiger partial charge < -0.3 is 14.8 Å². The Labute approximate surface area is 163 Å². The van der Waals surface area contributed by atoms with Gasteiger partial charge in [-0.2, -0.15) is 0 Å². The molecule has 7 nitrogen and oxygen atoms in total. The van der Waals surface area contributed by atoms with Gasteiger partial charge in [0.25, 0.3) is 0 Å². The molecule has 0 aliphatic carbocycles. The summed E-state index contributed by atoms with van der Waals surface area (Å²) in [6.07, 6.45) is 5.42. The number of rotatable bonds is 5. The Hall–Kier alpha value is -3.35. The number of hydrogen-bond acceptors (Lipinski definition) is 5. The van der Waals surface area contributed by atoms with E-state index in [0.29, 0.717) is 23.7 Å². The second-order valence-corrected chi connectivity index (χ2v) is 6.91. The molecule has 0 saturated carbocycles. The summed E-state index contributed by atoms with van der Waals surface area (Å²) in [5.74, 6) is 1.66. The van der Waals surface area contributed by atoms with Crippen molar-refractivity contribution < 1.29 is 14.3 Å². The van der Waals surface area contributed by atoms with Crippen LogP contribution < -0.4 is 14.8 Å². The maximum absolute atomic E-state index is 12.5. The number of nitrogens with one attached hydrogen (secondary N) is 1. The number of anilines is 1. The Morgan fingerprint density at radius 1 is 1.25 bits per heavy atom. The molecule has 0 radical (unpaired) electrons. The number of aromatic nitrogens is 3. The van der Waals surface area contributed by atoms with Crippen LogP contribution in [0.2, 0.25) is 0 Å². The van der Waals surface area contributed by atoms with E-state index in [4.69, 9.17) is 9.47 Å². The molecule has 1 amide bonds. The molecule has 1 N–H and O–H groups in total. The van der Waals surface area contributed by atoms with Crippen LogP contribution in [-0.2, 0) is 4.79 Å². The highest BCUT2D eigenvalue weighted by molar-refractivity contribution is 5.94. The lowest BCUT2D eigenvalue weighted by atomic mass is 9.89. The quantitative estimate of drug-likeness (QED) is 0.735. The van der Waals surface area contributed by atoms with Gasteiger partial charge in [-0.3, -0.25) is 14.3 Å². The summed E-state index contributed by atoms with van der Waals surface area (Å²) in [5.41, 5.74) is 2.52. The number of benzene rings is 1. The van der Waals surface area contributed by atoms with Crippen LogP contribution in [0.25, 0.3) is 5.69 Å². The van der Waals surface area contributed by atoms with Crippen LogP contribution in [0.3, 0.4) is 0 Å². The number of methoxy groups -OCH3 is 1. The van der Waals surface area contributed by atoms with Crippen LogP contribution in [0.1, 0.15) is 37.4 Å². The molecule has 3 heterocycles. The zero-order chi connectivity index (χ0) is 19.7. The zero-order valence-corrected chi connectivity index (χ0v) is 16.0. The fourth-order valence-electron chi connectivity index (χ4n) is 3.49. The van der Waals surface area contributed by atoms with Gasteiger partial charge in [-0.25, -0.2) is 4.98 Å². The SMILES string of the molecule is COc1cccc([C@H]2CC(=O)Nc3c2ncn3-c2cccnc2)c1OC(C)C. The van der Waals surface area contributed by atoms with Crippen molar-refractivity contribution in [3.05, 3.63) is 60.3 Å². The molecule has 1 aliphatic rings. The van der Waals surface area contributed by atoms with Crippen LogP contribution in [0.4, 0.5) is 5.82 Å². The predicted octanol–water partition coefficient (Wildman–Crippen LogP) is 3.54. The smallest absolute Gasteiger partial charge is 0.226 e. The number of para-hydroxylation sites is 1. The summed E-state index contributed by atoms with van der Waals surface area (Å²) in [5, 5.41) is 2.96. The molecule has 2 aromatic heterocycles. The summed E-state index contributed by atoms with van der Waals surface area (Å²) in [6, 6.07) is 9.51. The average Bonchev–Trinajstić information content (AvgIpc) is 3.11. The molecule has 0 bridgehead atoms. The molecule has 1 atom stereocenters. The van der Waals surface area contributed by atoms with Crippen molar-refractivity contribution in [3.63, 3.8) is 0 Å². The van der Waals surface area contributed by atoms with Gasteiger partial charge >= 0.3 is 0 Å². The first-order valence-electron chi connectivity index (χ1n) is 9.19.